The van der Waals surface area contributed by atoms with E-state index in [1.807, 2.05) is 36.1 Å². The first-order chi connectivity index (χ1) is 9.16. The fraction of sp³-hybridized carbons (Fsp3) is 0.500. The minimum absolute atomic E-state index is 0.250. The number of benzene rings is 1. The molecule has 1 heterocycles. The van der Waals surface area contributed by atoms with Gasteiger partial charge in [0.05, 0.1) is 13.2 Å². The SMILES string of the molecule is Cc1cccc(OCCN2CCOCC2C(=O)O)c1. The Bertz CT molecular complexity index is 435. The lowest BCUT2D eigenvalue weighted by molar-refractivity contribution is -0.149. The van der Waals surface area contributed by atoms with Gasteiger partial charge in [0.25, 0.3) is 0 Å². The molecule has 1 aromatic carbocycles. The summed E-state index contributed by atoms with van der Waals surface area (Å²) in [4.78, 5) is 13.0. The van der Waals surface area contributed by atoms with Gasteiger partial charge in [0.1, 0.15) is 18.4 Å². The van der Waals surface area contributed by atoms with Crippen LogP contribution in [0.4, 0.5) is 0 Å². The van der Waals surface area contributed by atoms with Crippen molar-refractivity contribution in [1.82, 2.24) is 4.90 Å². The second-order valence-corrected chi connectivity index (χ2v) is 4.63. The lowest BCUT2D eigenvalue weighted by Gasteiger charge is -2.32. The molecule has 19 heavy (non-hydrogen) atoms. The molecule has 5 nitrogen and oxygen atoms in total. The molecule has 1 aromatic rings. The molecule has 1 fully saturated rings. The number of carbonyl (C=O) groups is 1. The van der Waals surface area contributed by atoms with Crippen LogP contribution in [-0.2, 0) is 9.53 Å². The third-order valence-corrected chi connectivity index (χ3v) is 3.16. The maximum Gasteiger partial charge on any atom is 0.323 e. The van der Waals surface area contributed by atoms with Crippen LogP contribution >= 0.6 is 0 Å². The normalized spacial score (nSPS) is 20.2. The Hall–Kier alpha value is -1.59. The van der Waals surface area contributed by atoms with E-state index >= 15 is 0 Å². The van der Waals surface area contributed by atoms with Gasteiger partial charge in [0.2, 0.25) is 0 Å². The van der Waals surface area contributed by atoms with Crippen LogP contribution in [0.5, 0.6) is 5.75 Å². The highest BCUT2D eigenvalue weighted by Gasteiger charge is 2.28. The van der Waals surface area contributed by atoms with Gasteiger partial charge in [-0.05, 0) is 24.6 Å². The molecule has 1 aliphatic rings. The molecule has 0 radical (unpaired) electrons. The number of hydrogen-bond acceptors (Lipinski definition) is 4. The molecule has 1 N–H and O–H groups in total. The highest BCUT2D eigenvalue weighted by molar-refractivity contribution is 5.73. The van der Waals surface area contributed by atoms with E-state index in [2.05, 4.69) is 0 Å². The molecule has 0 saturated carbocycles. The van der Waals surface area contributed by atoms with Gasteiger partial charge in [-0.25, -0.2) is 0 Å². The van der Waals surface area contributed by atoms with Crippen LogP contribution in [0.2, 0.25) is 0 Å². The maximum absolute atomic E-state index is 11.1. The standard InChI is InChI=1S/C14H19NO4/c1-11-3-2-4-12(9-11)19-8-6-15-5-7-18-10-13(15)14(16)17/h2-4,9,13H,5-8,10H2,1H3,(H,16,17). The number of carboxylic acid groups (broad SMARTS) is 1. The second kappa shape index (κ2) is 6.54. The van der Waals surface area contributed by atoms with Crippen molar-refractivity contribution in [2.75, 3.05) is 32.9 Å². The van der Waals surface area contributed by atoms with Gasteiger partial charge in [-0.2, -0.15) is 0 Å². The van der Waals surface area contributed by atoms with E-state index in [0.717, 1.165) is 11.3 Å². The Morgan fingerprint density at radius 1 is 1.58 bits per heavy atom. The summed E-state index contributed by atoms with van der Waals surface area (Å²) in [7, 11) is 0. The maximum atomic E-state index is 11.1. The molecule has 0 spiro atoms. The Balaban J connectivity index is 1.82. The van der Waals surface area contributed by atoms with Crippen molar-refractivity contribution in [3.05, 3.63) is 29.8 Å². The predicted octanol–water partition coefficient (Wildman–Crippen LogP) is 1.16. The first-order valence-corrected chi connectivity index (χ1v) is 6.41. The van der Waals surface area contributed by atoms with Crippen molar-refractivity contribution in [3.63, 3.8) is 0 Å². The summed E-state index contributed by atoms with van der Waals surface area (Å²) < 4.78 is 10.8. The van der Waals surface area contributed by atoms with Gasteiger partial charge in [0, 0.05) is 13.1 Å². The van der Waals surface area contributed by atoms with Crippen LogP contribution in [0.15, 0.2) is 24.3 Å². The molecule has 1 unspecified atom stereocenters. The number of hydrogen-bond donors (Lipinski definition) is 1. The summed E-state index contributed by atoms with van der Waals surface area (Å²) in [6, 6.07) is 7.26. The number of aryl methyl sites for hydroxylation is 1. The summed E-state index contributed by atoms with van der Waals surface area (Å²) in [5.74, 6) is -0.0182. The summed E-state index contributed by atoms with van der Waals surface area (Å²) in [6.07, 6.45) is 0. The number of morpholine rings is 1. The Kier molecular flexibility index (Phi) is 4.76. The molecule has 5 heteroatoms. The zero-order valence-corrected chi connectivity index (χ0v) is 11.0. The summed E-state index contributed by atoms with van der Waals surface area (Å²) >= 11 is 0. The summed E-state index contributed by atoms with van der Waals surface area (Å²) in [5.41, 5.74) is 1.15. The average Bonchev–Trinajstić information content (AvgIpc) is 2.39. The molecule has 1 atom stereocenters. The molecular formula is C14H19NO4. The smallest absolute Gasteiger partial charge is 0.323 e. The summed E-state index contributed by atoms with van der Waals surface area (Å²) in [5, 5.41) is 9.10. The minimum Gasteiger partial charge on any atom is -0.492 e. The van der Waals surface area contributed by atoms with Gasteiger partial charge in [-0.1, -0.05) is 12.1 Å². The van der Waals surface area contributed by atoms with Crippen LogP contribution in [0, 0.1) is 6.92 Å². The molecule has 104 valence electrons. The lowest BCUT2D eigenvalue weighted by Crippen LogP contribution is -2.51. The van der Waals surface area contributed by atoms with E-state index in [-0.39, 0.29) is 6.61 Å². The molecule has 0 aromatic heterocycles. The summed E-state index contributed by atoms with van der Waals surface area (Å²) in [6.45, 7) is 4.54. The molecule has 2 rings (SSSR count). The quantitative estimate of drug-likeness (QED) is 0.865. The van der Waals surface area contributed by atoms with Crippen molar-refractivity contribution in [2.24, 2.45) is 0 Å². The zero-order chi connectivity index (χ0) is 13.7. The van der Waals surface area contributed by atoms with E-state index < -0.39 is 12.0 Å². The van der Waals surface area contributed by atoms with Gasteiger partial charge in [-0.15, -0.1) is 0 Å². The van der Waals surface area contributed by atoms with Crippen LogP contribution in [0.25, 0.3) is 0 Å². The molecule has 0 bridgehead atoms. The molecule has 1 saturated heterocycles. The monoisotopic (exact) mass is 265 g/mol. The molecular weight excluding hydrogens is 246 g/mol. The van der Waals surface area contributed by atoms with Crippen LogP contribution < -0.4 is 4.74 Å². The van der Waals surface area contributed by atoms with Crippen molar-refractivity contribution in [1.29, 1.82) is 0 Å². The average molecular weight is 265 g/mol. The number of nitrogens with zero attached hydrogens (tertiary/aromatic N) is 1. The third kappa shape index (κ3) is 3.94. The number of carboxylic acids is 1. The second-order valence-electron chi connectivity index (χ2n) is 4.63. The minimum atomic E-state index is -0.838. The fourth-order valence-corrected chi connectivity index (χ4v) is 2.12. The number of ether oxygens (including phenoxy) is 2. The van der Waals surface area contributed by atoms with Crippen LogP contribution in [0.3, 0.4) is 0 Å². The van der Waals surface area contributed by atoms with Crippen molar-refractivity contribution in [3.8, 4) is 5.75 Å². The Morgan fingerprint density at radius 2 is 2.42 bits per heavy atom. The first kappa shape index (κ1) is 13.8. The first-order valence-electron chi connectivity index (χ1n) is 6.41. The van der Waals surface area contributed by atoms with Crippen LogP contribution in [0.1, 0.15) is 5.56 Å². The van der Waals surface area contributed by atoms with Gasteiger partial charge in [-0.3, -0.25) is 9.69 Å². The highest BCUT2D eigenvalue weighted by atomic mass is 16.5. The van der Waals surface area contributed by atoms with Crippen molar-refractivity contribution in [2.45, 2.75) is 13.0 Å². The fourth-order valence-electron chi connectivity index (χ4n) is 2.12. The van der Waals surface area contributed by atoms with Gasteiger partial charge < -0.3 is 14.6 Å². The number of aliphatic carboxylic acids is 1. The molecule has 0 aliphatic carbocycles. The topological polar surface area (TPSA) is 59.0 Å². The highest BCUT2D eigenvalue weighted by Crippen LogP contribution is 2.13. The van der Waals surface area contributed by atoms with Gasteiger partial charge in [0.15, 0.2) is 0 Å². The molecule has 1 aliphatic heterocycles. The van der Waals surface area contributed by atoms with Crippen molar-refractivity contribution >= 4 is 5.97 Å². The van der Waals surface area contributed by atoms with Gasteiger partial charge >= 0.3 is 5.97 Å². The Morgan fingerprint density at radius 3 is 3.16 bits per heavy atom. The molecule has 0 amide bonds. The van der Waals surface area contributed by atoms with Crippen molar-refractivity contribution < 1.29 is 19.4 Å². The predicted molar refractivity (Wildman–Crippen MR) is 70.5 cm³/mol. The van der Waals surface area contributed by atoms with Crippen LogP contribution in [-0.4, -0.2) is 54.9 Å². The third-order valence-electron chi connectivity index (χ3n) is 3.16. The Labute approximate surface area is 112 Å². The van der Waals surface area contributed by atoms with E-state index in [9.17, 15) is 4.79 Å². The largest absolute Gasteiger partial charge is 0.492 e. The lowest BCUT2D eigenvalue weighted by atomic mass is 10.2. The van der Waals surface area contributed by atoms with E-state index in [4.69, 9.17) is 14.6 Å². The van der Waals surface area contributed by atoms with E-state index in [0.29, 0.717) is 26.3 Å². The number of rotatable bonds is 5. The van der Waals surface area contributed by atoms with E-state index in [1.165, 1.54) is 0 Å². The zero-order valence-electron chi connectivity index (χ0n) is 11.0. The van der Waals surface area contributed by atoms with E-state index in [1.54, 1.807) is 0 Å².